The molecule has 0 aliphatic heterocycles. The van der Waals surface area contributed by atoms with Gasteiger partial charge in [0.05, 0.1) is 0 Å². The Balaban J connectivity index is 0.00000312. The first-order valence-corrected chi connectivity index (χ1v) is 8.89. The molecule has 6 heteroatoms. The van der Waals surface area contributed by atoms with Gasteiger partial charge in [0, 0.05) is 38.6 Å². The minimum absolute atomic E-state index is 0. The Hall–Kier alpha value is -1.57. The lowest BCUT2D eigenvalue weighted by Gasteiger charge is -2.11. The molecule has 0 spiro atoms. The number of halogens is 1. The molecule has 25 heavy (non-hydrogen) atoms. The minimum Gasteiger partial charge on any atom is -0.357 e. The molecule has 0 saturated carbocycles. The summed E-state index contributed by atoms with van der Waals surface area (Å²) in [7, 11) is 0. The number of nitrogens with one attached hydrogen (secondary N) is 2. The molecule has 0 amide bonds. The Morgan fingerprint density at radius 2 is 1.88 bits per heavy atom. The van der Waals surface area contributed by atoms with Gasteiger partial charge in [-0.1, -0.05) is 31.2 Å². The smallest absolute Gasteiger partial charge is 0.191 e. The highest BCUT2D eigenvalue weighted by Crippen LogP contribution is 2.05. The molecule has 1 aromatic heterocycles. The maximum absolute atomic E-state index is 4.62. The van der Waals surface area contributed by atoms with E-state index in [9.17, 15) is 0 Å². The lowest BCUT2D eigenvalue weighted by atomic mass is 10.1. The quantitative estimate of drug-likeness (QED) is 0.264. The number of aryl methyl sites for hydroxylation is 2. The largest absolute Gasteiger partial charge is 0.357 e. The summed E-state index contributed by atoms with van der Waals surface area (Å²) >= 11 is 0. The summed E-state index contributed by atoms with van der Waals surface area (Å²) < 4.78 is 1.94. The second kappa shape index (κ2) is 12.7. The van der Waals surface area contributed by atoms with Crippen molar-refractivity contribution in [3.8, 4) is 0 Å². The van der Waals surface area contributed by atoms with Gasteiger partial charge in [-0.15, -0.1) is 24.0 Å². The first kappa shape index (κ1) is 21.5. The average Bonchev–Trinajstić information content (AvgIpc) is 3.12. The number of aromatic nitrogens is 2. The highest BCUT2D eigenvalue weighted by atomic mass is 127. The van der Waals surface area contributed by atoms with Crippen molar-refractivity contribution < 1.29 is 0 Å². The van der Waals surface area contributed by atoms with Crippen molar-refractivity contribution in [3.63, 3.8) is 0 Å². The third-order valence-corrected chi connectivity index (χ3v) is 3.86. The lowest BCUT2D eigenvalue weighted by molar-refractivity contribution is 0.584. The standard InChI is InChI=1S/C19H29N5.HI/c1-3-17-7-9-18(10-8-17)11-14-22-19(20-4-2)21-12-5-15-24-16-6-13-23-24;/h6-10,13,16H,3-5,11-12,14-15H2,1-2H3,(H2,20,21,22);1H. The van der Waals surface area contributed by atoms with Crippen molar-refractivity contribution in [2.75, 3.05) is 19.6 Å². The number of hydrogen-bond acceptors (Lipinski definition) is 2. The normalized spacial score (nSPS) is 11.0. The Kier molecular flexibility index (Phi) is 10.9. The van der Waals surface area contributed by atoms with Gasteiger partial charge >= 0.3 is 0 Å². The summed E-state index contributed by atoms with van der Waals surface area (Å²) in [5.74, 6) is 0.892. The van der Waals surface area contributed by atoms with Gasteiger partial charge in [0.2, 0.25) is 0 Å². The van der Waals surface area contributed by atoms with E-state index in [1.807, 2.05) is 23.1 Å². The van der Waals surface area contributed by atoms with E-state index in [-0.39, 0.29) is 24.0 Å². The topological polar surface area (TPSA) is 54.2 Å². The van der Waals surface area contributed by atoms with Crippen molar-refractivity contribution in [3.05, 3.63) is 53.9 Å². The number of aliphatic imine (C=N–C) groups is 1. The van der Waals surface area contributed by atoms with E-state index in [0.717, 1.165) is 51.4 Å². The third-order valence-electron chi connectivity index (χ3n) is 3.86. The fraction of sp³-hybridized carbons (Fsp3) is 0.474. The van der Waals surface area contributed by atoms with Crippen LogP contribution in [-0.4, -0.2) is 35.4 Å². The molecule has 0 atom stereocenters. The third kappa shape index (κ3) is 8.38. The zero-order valence-corrected chi connectivity index (χ0v) is 17.6. The molecule has 2 aromatic rings. The van der Waals surface area contributed by atoms with Gasteiger partial charge in [0.15, 0.2) is 5.96 Å². The maximum atomic E-state index is 4.62. The van der Waals surface area contributed by atoms with Crippen molar-refractivity contribution in [1.82, 2.24) is 20.4 Å². The lowest BCUT2D eigenvalue weighted by Crippen LogP contribution is -2.38. The molecule has 0 radical (unpaired) electrons. The zero-order valence-electron chi connectivity index (χ0n) is 15.2. The van der Waals surface area contributed by atoms with Gasteiger partial charge in [-0.05, 0) is 43.4 Å². The van der Waals surface area contributed by atoms with E-state index in [1.54, 1.807) is 0 Å². The molecule has 2 rings (SSSR count). The number of benzene rings is 1. The molecule has 1 aromatic carbocycles. The fourth-order valence-corrected chi connectivity index (χ4v) is 2.46. The summed E-state index contributed by atoms with van der Waals surface area (Å²) in [6, 6.07) is 10.8. The van der Waals surface area contributed by atoms with Crippen LogP contribution in [0.15, 0.2) is 47.7 Å². The molecular formula is C19H30IN5. The van der Waals surface area contributed by atoms with Crippen molar-refractivity contribution in [2.45, 2.75) is 39.7 Å². The first-order chi connectivity index (χ1) is 11.8. The van der Waals surface area contributed by atoms with Gasteiger partial charge in [-0.25, -0.2) is 0 Å². The zero-order chi connectivity index (χ0) is 17.0. The molecule has 0 aliphatic rings. The van der Waals surface area contributed by atoms with Gasteiger partial charge in [-0.2, -0.15) is 5.10 Å². The predicted molar refractivity (Wildman–Crippen MR) is 116 cm³/mol. The molecule has 0 bridgehead atoms. The molecule has 0 aliphatic carbocycles. The van der Waals surface area contributed by atoms with Gasteiger partial charge in [-0.3, -0.25) is 9.67 Å². The van der Waals surface area contributed by atoms with Crippen LogP contribution >= 0.6 is 24.0 Å². The molecule has 0 fully saturated rings. The van der Waals surface area contributed by atoms with Crippen LogP contribution < -0.4 is 10.6 Å². The van der Waals surface area contributed by atoms with Gasteiger partial charge < -0.3 is 10.6 Å². The highest BCUT2D eigenvalue weighted by Gasteiger charge is 1.98. The van der Waals surface area contributed by atoms with Gasteiger partial charge in [0.1, 0.15) is 0 Å². The van der Waals surface area contributed by atoms with Crippen LogP contribution in [0.4, 0.5) is 0 Å². The van der Waals surface area contributed by atoms with E-state index < -0.39 is 0 Å². The van der Waals surface area contributed by atoms with Crippen LogP contribution in [0.25, 0.3) is 0 Å². The van der Waals surface area contributed by atoms with Crippen LogP contribution in [0.5, 0.6) is 0 Å². The van der Waals surface area contributed by atoms with E-state index in [0.29, 0.717) is 0 Å². The molecule has 5 nitrogen and oxygen atoms in total. The summed E-state index contributed by atoms with van der Waals surface area (Å²) in [6.45, 7) is 7.72. The molecular weight excluding hydrogens is 425 g/mol. The Morgan fingerprint density at radius 1 is 1.12 bits per heavy atom. The van der Waals surface area contributed by atoms with Crippen LogP contribution in [0.1, 0.15) is 31.4 Å². The van der Waals surface area contributed by atoms with E-state index in [4.69, 9.17) is 0 Å². The van der Waals surface area contributed by atoms with Crippen molar-refractivity contribution >= 4 is 29.9 Å². The number of nitrogens with zero attached hydrogens (tertiary/aromatic N) is 3. The maximum Gasteiger partial charge on any atom is 0.191 e. The predicted octanol–water partition coefficient (Wildman–Crippen LogP) is 3.25. The van der Waals surface area contributed by atoms with Crippen molar-refractivity contribution in [2.24, 2.45) is 4.99 Å². The van der Waals surface area contributed by atoms with E-state index in [1.165, 1.54) is 11.1 Å². The molecule has 2 N–H and O–H groups in total. The highest BCUT2D eigenvalue weighted by molar-refractivity contribution is 14.0. The summed E-state index contributed by atoms with van der Waals surface area (Å²) in [4.78, 5) is 4.62. The summed E-state index contributed by atoms with van der Waals surface area (Å²) in [5.41, 5.74) is 2.74. The SMILES string of the molecule is CCNC(=NCCCn1cccn1)NCCc1ccc(CC)cc1.I. The average molecular weight is 455 g/mol. The monoisotopic (exact) mass is 455 g/mol. The van der Waals surface area contributed by atoms with E-state index >= 15 is 0 Å². The molecule has 0 unspecified atom stereocenters. The number of rotatable bonds is 9. The number of guanidine groups is 1. The second-order valence-electron chi connectivity index (χ2n) is 5.73. The Morgan fingerprint density at radius 3 is 2.52 bits per heavy atom. The van der Waals surface area contributed by atoms with Crippen molar-refractivity contribution in [1.29, 1.82) is 0 Å². The Bertz CT molecular complexity index is 593. The van der Waals surface area contributed by atoms with Crippen LogP contribution in [0.3, 0.4) is 0 Å². The number of hydrogen-bond donors (Lipinski definition) is 2. The van der Waals surface area contributed by atoms with Gasteiger partial charge in [0.25, 0.3) is 0 Å². The van der Waals surface area contributed by atoms with Crippen LogP contribution in [-0.2, 0) is 19.4 Å². The summed E-state index contributed by atoms with van der Waals surface area (Å²) in [6.07, 6.45) is 6.87. The van der Waals surface area contributed by atoms with Crippen LogP contribution in [0, 0.1) is 0 Å². The van der Waals surface area contributed by atoms with Crippen LogP contribution in [0.2, 0.25) is 0 Å². The molecule has 138 valence electrons. The summed E-state index contributed by atoms with van der Waals surface area (Å²) in [5, 5.41) is 10.9. The first-order valence-electron chi connectivity index (χ1n) is 8.89. The molecule has 1 heterocycles. The Labute approximate surface area is 168 Å². The molecule has 0 saturated heterocycles. The minimum atomic E-state index is 0. The second-order valence-corrected chi connectivity index (χ2v) is 5.73. The van der Waals surface area contributed by atoms with E-state index in [2.05, 4.69) is 58.8 Å². The fourth-order valence-electron chi connectivity index (χ4n) is 2.46.